The van der Waals surface area contributed by atoms with E-state index in [1.807, 2.05) is 0 Å². The van der Waals surface area contributed by atoms with Crippen LogP contribution < -0.4 is 10.6 Å². The van der Waals surface area contributed by atoms with E-state index in [0.29, 0.717) is 6.04 Å². The Hall–Kier alpha value is -0.0600. The van der Waals surface area contributed by atoms with Crippen molar-refractivity contribution in [1.29, 1.82) is 0 Å². The Kier molecular flexibility index (Phi) is 5.05. The molecule has 2 aliphatic rings. The van der Waals surface area contributed by atoms with Crippen molar-refractivity contribution in [3.63, 3.8) is 0 Å². The van der Waals surface area contributed by atoms with E-state index in [9.17, 15) is 0 Å². The van der Waals surface area contributed by atoms with Crippen LogP contribution in [0.3, 0.4) is 0 Å². The molecule has 3 atom stereocenters. The summed E-state index contributed by atoms with van der Waals surface area (Å²) < 4.78 is 2.26. The molecule has 0 bridgehead atoms. The second-order valence-corrected chi connectivity index (χ2v) is 7.80. The quantitative estimate of drug-likeness (QED) is 0.749. The molecule has 110 valence electrons. The van der Waals surface area contributed by atoms with Crippen molar-refractivity contribution in [3.05, 3.63) is 27.1 Å². The molecule has 1 aliphatic heterocycles. The third-order valence-corrected chi connectivity index (χ3v) is 5.86. The SMILES string of the molecule is Brc1ccc(NC2CCCC2C2CCCCN2)c(Br)c1. The van der Waals surface area contributed by atoms with Gasteiger partial charge in [0.05, 0.1) is 0 Å². The summed E-state index contributed by atoms with van der Waals surface area (Å²) >= 11 is 7.18. The first-order chi connectivity index (χ1) is 9.74. The average Bonchev–Trinajstić information content (AvgIpc) is 2.91. The number of halogens is 2. The first-order valence-electron chi connectivity index (χ1n) is 7.69. The van der Waals surface area contributed by atoms with Crippen LogP contribution in [-0.4, -0.2) is 18.6 Å². The third-order valence-electron chi connectivity index (χ3n) is 4.71. The molecule has 2 fully saturated rings. The lowest BCUT2D eigenvalue weighted by Gasteiger charge is -2.33. The summed E-state index contributed by atoms with van der Waals surface area (Å²) in [6, 6.07) is 7.72. The van der Waals surface area contributed by atoms with Gasteiger partial charge in [0.15, 0.2) is 0 Å². The van der Waals surface area contributed by atoms with Crippen molar-refractivity contribution < 1.29 is 0 Å². The van der Waals surface area contributed by atoms with Crippen LogP contribution in [0.1, 0.15) is 38.5 Å². The minimum Gasteiger partial charge on any atom is -0.381 e. The maximum atomic E-state index is 3.78. The highest BCUT2D eigenvalue weighted by atomic mass is 79.9. The second-order valence-electron chi connectivity index (χ2n) is 6.03. The van der Waals surface area contributed by atoms with E-state index >= 15 is 0 Å². The molecule has 0 radical (unpaired) electrons. The highest BCUT2D eigenvalue weighted by Gasteiger charge is 2.34. The molecular weight excluding hydrogens is 380 g/mol. The van der Waals surface area contributed by atoms with Gasteiger partial charge in [-0.05, 0) is 72.3 Å². The molecule has 0 amide bonds. The van der Waals surface area contributed by atoms with Crippen LogP contribution in [0.2, 0.25) is 0 Å². The highest BCUT2D eigenvalue weighted by molar-refractivity contribution is 9.11. The smallest absolute Gasteiger partial charge is 0.0487 e. The summed E-state index contributed by atoms with van der Waals surface area (Å²) in [4.78, 5) is 0. The maximum Gasteiger partial charge on any atom is 0.0487 e. The van der Waals surface area contributed by atoms with Crippen LogP contribution in [0.25, 0.3) is 0 Å². The van der Waals surface area contributed by atoms with Crippen LogP contribution >= 0.6 is 31.9 Å². The van der Waals surface area contributed by atoms with E-state index in [-0.39, 0.29) is 0 Å². The predicted octanol–water partition coefficient (Wildman–Crippen LogP) is 4.93. The Morgan fingerprint density at radius 1 is 1.05 bits per heavy atom. The fourth-order valence-corrected chi connectivity index (χ4v) is 4.86. The molecule has 20 heavy (non-hydrogen) atoms. The lowest BCUT2D eigenvalue weighted by molar-refractivity contribution is 0.286. The Morgan fingerprint density at radius 3 is 2.70 bits per heavy atom. The van der Waals surface area contributed by atoms with Crippen molar-refractivity contribution in [2.24, 2.45) is 5.92 Å². The molecule has 1 aromatic carbocycles. The van der Waals surface area contributed by atoms with Gasteiger partial charge < -0.3 is 10.6 Å². The van der Waals surface area contributed by atoms with Gasteiger partial charge in [-0.3, -0.25) is 0 Å². The lowest BCUT2D eigenvalue weighted by atomic mass is 9.88. The van der Waals surface area contributed by atoms with E-state index in [1.54, 1.807) is 0 Å². The predicted molar refractivity (Wildman–Crippen MR) is 92.2 cm³/mol. The molecule has 3 unspecified atom stereocenters. The average molecular weight is 402 g/mol. The van der Waals surface area contributed by atoms with Crippen LogP contribution in [0, 0.1) is 5.92 Å². The normalized spacial score (nSPS) is 30.4. The van der Waals surface area contributed by atoms with Crippen molar-refractivity contribution in [2.45, 2.75) is 50.6 Å². The Labute approximate surface area is 138 Å². The molecule has 2 nitrogen and oxygen atoms in total. The number of hydrogen-bond acceptors (Lipinski definition) is 2. The first kappa shape index (κ1) is 14.9. The summed E-state index contributed by atoms with van der Waals surface area (Å²) in [6.45, 7) is 1.20. The highest BCUT2D eigenvalue weighted by Crippen LogP contribution is 2.35. The van der Waals surface area contributed by atoms with Gasteiger partial charge in [0.1, 0.15) is 0 Å². The lowest BCUT2D eigenvalue weighted by Crippen LogP contribution is -2.44. The van der Waals surface area contributed by atoms with Crippen molar-refractivity contribution in [3.8, 4) is 0 Å². The largest absolute Gasteiger partial charge is 0.381 e. The molecule has 0 spiro atoms. The van der Waals surface area contributed by atoms with Crippen molar-refractivity contribution in [2.75, 3.05) is 11.9 Å². The van der Waals surface area contributed by atoms with Crippen molar-refractivity contribution in [1.82, 2.24) is 5.32 Å². The minimum absolute atomic E-state index is 0.614. The number of piperidine rings is 1. The van der Waals surface area contributed by atoms with E-state index in [2.05, 4.69) is 60.7 Å². The molecule has 1 saturated heterocycles. The summed E-state index contributed by atoms with van der Waals surface area (Å²) in [6.07, 6.45) is 8.11. The van der Waals surface area contributed by atoms with Gasteiger partial charge in [-0.25, -0.2) is 0 Å². The molecule has 1 aliphatic carbocycles. The fraction of sp³-hybridized carbons (Fsp3) is 0.625. The van der Waals surface area contributed by atoms with Crippen LogP contribution in [0.4, 0.5) is 5.69 Å². The number of hydrogen-bond donors (Lipinski definition) is 2. The molecule has 4 heteroatoms. The standard InChI is InChI=1S/C16H22Br2N2/c17-11-7-8-16(13(18)10-11)20-15-6-3-4-12(15)14-5-1-2-9-19-14/h7-8,10,12,14-15,19-20H,1-6,9H2. The second kappa shape index (κ2) is 6.80. The Bertz CT molecular complexity index is 458. The van der Waals surface area contributed by atoms with Crippen LogP contribution in [0.5, 0.6) is 0 Å². The van der Waals surface area contributed by atoms with E-state index in [1.165, 1.54) is 50.8 Å². The van der Waals surface area contributed by atoms with Gasteiger partial charge >= 0.3 is 0 Å². The van der Waals surface area contributed by atoms with E-state index in [0.717, 1.165) is 20.9 Å². The minimum atomic E-state index is 0.614. The summed E-state index contributed by atoms with van der Waals surface area (Å²) in [5, 5.41) is 7.52. The van der Waals surface area contributed by atoms with Gasteiger partial charge in [-0.2, -0.15) is 0 Å². The zero-order valence-corrected chi connectivity index (χ0v) is 14.8. The first-order valence-corrected chi connectivity index (χ1v) is 9.27. The number of nitrogens with one attached hydrogen (secondary N) is 2. The molecule has 2 N–H and O–H groups in total. The van der Waals surface area contributed by atoms with Gasteiger partial charge in [0, 0.05) is 26.7 Å². The van der Waals surface area contributed by atoms with Crippen molar-refractivity contribution >= 4 is 37.5 Å². The Morgan fingerprint density at radius 2 is 1.95 bits per heavy atom. The van der Waals surface area contributed by atoms with Gasteiger partial charge in [0.2, 0.25) is 0 Å². The zero-order valence-electron chi connectivity index (χ0n) is 11.7. The van der Waals surface area contributed by atoms with Crippen LogP contribution in [-0.2, 0) is 0 Å². The van der Waals surface area contributed by atoms with E-state index in [4.69, 9.17) is 0 Å². The summed E-state index contributed by atoms with van der Waals surface area (Å²) in [5.41, 5.74) is 1.22. The molecule has 1 heterocycles. The number of benzene rings is 1. The molecule has 1 aromatic rings. The third kappa shape index (κ3) is 3.40. The molecule has 0 aromatic heterocycles. The molecule has 1 saturated carbocycles. The van der Waals surface area contributed by atoms with Gasteiger partial charge in [-0.1, -0.05) is 28.8 Å². The monoisotopic (exact) mass is 400 g/mol. The maximum absolute atomic E-state index is 3.78. The molecular formula is C16H22Br2N2. The van der Waals surface area contributed by atoms with Gasteiger partial charge in [-0.15, -0.1) is 0 Å². The zero-order chi connectivity index (χ0) is 13.9. The topological polar surface area (TPSA) is 24.1 Å². The van der Waals surface area contributed by atoms with Crippen LogP contribution in [0.15, 0.2) is 27.1 Å². The number of anilines is 1. The van der Waals surface area contributed by atoms with E-state index < -0.39 is 0 Å². The van der Waals surface area contributed by atoms with Gasteiger partial charge in [0.25, 0.3) is 0 Å². The Balaban J connectivity index is 1.68. The summed E-state index contributed by atoms with van der Waals surface area (Å²) in [5.74, 6) is 0.783. The fourth-order valence-electron chi connectivity index (χ4n) is 3.70. The molecule has 3 rings (SSSR count). The summed E-state index contributed by atoms with van der Waals surface area (Å²) in [7, 11) is 0. The number of rotatable bonds is 3.